The summed E-state index contributed by atoms with van der Waals surface area (Å²) in [6, 6.07) is 7.60. The molecule has 5 nitrogen and oxygen atoms in total. The molecule has 98 valence electrons. The molecule has 0 radical (unpaired) electrons. The minimum absolute atomic E-state index is 0.711. The van der Waals surface area contributed by atoms with Gasteiger partial charge in [0.2, 0.25) is 0 Å². The van der Waals surface area contributed by atoms with Gasteiger partial charge in [0.1, 0.15) is 0 Å². The highest BCUT2D eigenvalue weighted by atomic mass is 16.4. The standard InChI is InChI=1S/C14H15N3O2/c18-13(19)14(6-1-2-7-14)11-4-3-5-12(10-11)17-9-8-15-16-17/h3-5,8-10H,1-2,6-7H2,(H,18,19). The number of rotatable bonds is 3. The second-order valence-electron chi connectivity index (χ2n) is 4.99. The number of benzene rings is 1. The van der Waals surface area contributed by atoms with Gasteiger partial charge in [-0.2, -0.15) is 0 Å². The van der Waals surface area contributed by atoms with Crippen molar-refractivity contribution >= 4 is 5.97 Å². The van der Waals surface area contributed by atoms with Gasteiger partial charge in [-0.3, -0.25) is 4.79 Å². The monoisotopic (exact) mass is 257 g/mol. The van der Waals surface area contributed by atoms with E-state index < -0.39 is 11.4 Å². The summed E-state index contributed by atoms with van der Waals surface area (Å²) in [5, 5.41) is 17.3. The Bertz CT molecular complexity index is 586. The predicted octanol–water partition coefficient (Wildman–Crippen LogP) is 2.16. The van der Waals surface area contributed by atoms with Crippen molar-refractivity contribution in [2.45, 2.75) is 31.1 Å². The SMILES string of the molecule is O=C(O)C1(c2cccc(-n3ccnn3)c2)CCCC1. The lowest BCUT2D eigenvalue weighted by Gasteiger charge is -2.24. The van der Waals surface area contributed by atoms with E-state index in [1.165, 1.54) is 0 Å². The maximum Gasteiger partial charge on any atom is 0.314 e. The van der Waals surface area contributed by atoms with Crippen LogP contribution in [0.25, 0.3) is 5.69 Å². The first-order valence-electron chi connectivity index (χ1n) is 6.43. The van der Waals surface area contributed by atoms with E-state index in [2.05, 4.69) is 10.3 Å². The van der Waals surface area contributed by atoms with Crippen LogP contribution in [0.4, 0.5) is 0 Å². The third-order valence-electron chi connectivity index (χ3n) is 3.95. The Labute approximate surface area is 110 Å². The Kier molecular flexibility index (Phi) is 2.81. The number of carbonyl (C=O) groups is 1. The molecule has 0 spiro atoms. The molecule has 3 rings (SSSR count). The van der Waals surface area contributed by atoms with Gasteiger partial charge in [0.25, 0.3) is 0 Å². The third kappa shape index (κ3) is 1.91. The first-order chi connectivity index (χ1) is 9.22. The number of hydrogen-bond acceptors (Lipinski definition) is 3. The zero-order valence-electron chi connectivity index (χ0n) is 10.5. The molecule has 1 aromatic heterocycles. The number of aliphatic carboxylic acids is 1. The predicted molar refractivity (Wildman–Crippen MR) is 69.1 cm³/mol. The lowest BCUT2D eigenvalue weighted by molar-refractivity contribution is -0.143. The summed E-state index contributed by atoms with van der Waals surface area (Å²) in [4.78, 5) is 11.7. The normalized spacial score (nSPS) is 17.5. The molecule has 1 saturated carbocycles. The molecule has 1 heterocycles. The summed E-state index contributed by atoms with van der Waals surface area (Å²) in [5.74, 6) is -0.722. The zero-order chi connectivity index (χ0) is 13.3. The summed E-state index contributed by atoms with van der Waals surface area (Å²) >= 11 is 0. The van der Waals surface area contributed by atoms with Crippen molar-refractivity contribution in [2.75, 3.05) is 0 Å². The molecule has 1 N–H and O–H groups in total. The van der Waals surface area contributed by atoms with Crippen LogP contribution in [-0.2, 0) is 10.2 Å². The maximum absolute atomic E-state index is 11.7. The van der Waals surface area contributed by atoms with Crippen molar-refractivity contribution in [3.8, 4) is 5.69 Å². The Morgan fingerprint density at radius 1 is 1.32 bits per heavy atom. The highest BCUT2D eigenvalue weighted by molar-refractivity contribution is 5.82. The summed E-state index contributed by atoms with van der Waals surface area (Å²) in [5.41, 5.74) is 0.990. The van der Waals surface area contributed by atoms with E-state index in [0.717, 1.165) is 24.1 Å². The van der Waals surface area contributed by atoms with Gasteiger partial charge in [0, 0.05) is 0 Å². The topological polar surface area (TPSA) is 68.0 Å². The van der Waals surface area contributed by atoms with Gasteiger partial charge in [-0.15, -0.1) is 5.10 Å². The largest absolute Gasteiger partial charge is 0.481 e. The summed E-state index contributed by atoms with van der Waals surface area (Å²) in [6.45, 7) is 0. The average Bonchev–Trinajstić information content (AvgIpc) is 3.11. The van der Waals surface area contributed by atoms with Crippen molar-refractivity contribution in [1.82, 2.24) is 15.0 Å². The van der Waals surface area contributed by atoms with Gasteiger partial charge in [0.15, 0.2) is 0 Å². The van der Waals surface area contributed by atoms with Crippen LogP contribution in [-0.4, -0.2) is 26.1 Å². The average molecular weight is 257 g/mol. The molecule has 0 bridgehead atoms. The quantitative estimate of drug-likeness (QED) is 0.915. The van der Waals surface area contributed by atoms with Gasteiger partial charge in [-0.25, -0.2) is 4.68 Å². The van der Waals surface area contributed by atoms with Gasteiger partial charge < -0.3 is 5.11 Å². The Morgan fingerprint density at radius 3 is 2.74 bits per heavy atom. The Hall–Kier alpha value is -2.17. The van der Waals surface area contributed by atoms with Crippen molar-refractivity contribution in [3.05, 3.63) is 42.2 Å². The van der Waals surface area contributed by atoms with Gasteiger partial charge in [-0.1, -0.05) is 30.2 Å². The molecular formula is C14H15N3O2. The molecule has 0 aliphatic heterocycles. The fourth-order valence-electron chi connectivity index (χ4n) is 2.90. The summed E-state index contributed by atoms with van der Waals surface area (Å²) in [7, 11) is 0. The molecule has 5 heteroatoms. The number of carboxylic acids is 1. The lowest BCUT2D eigenvalue weighted by atomic mass is 9.79. The summed E-state index contributed by atoms with van der Waals surface area (Å²) in [6.07, 6.45) is 6.72. The van der Waals surface area contributed by atoms with E-state index in [9.17, 15) is 9.90 Å². The second kappa shape index (κ2) is 4.50. The Balaban J connectivity index is 2.05. The fraction of sp³-hybridized carbons (Fsp3) is 0.357. The van der Waals surface area contributed by atoms with Crippen LogP contribution in [0, 0.1) is 0 Å². The maximum atomic E-state index is 11.7. The van der Waals surface area contributed by atoms with Crippen molar-refractivity contribution in [2.24, 2.45) is 0 Å². The van der Waals surface area contributed by atoms with Crippen LogP contribution in [0.15, 0.2) is 36.7 Å². The van der Waals surface area contributed by atoms with Crippen molar-refractivity contribution in [1.29, 1.82) is 0 Å². The van der Waals surface area contributed by atoms with Crippen LogP contribution in [0.3, 0.4) is 0 Å². The molecule has 1 aliphatic carbocycles. The van der Waals surface area contributed by atoms with Crippen LogP contribution < -0.4 is 0 Å². The first-order valence-corrected chi connectivity index (χ1v) is 6.43. The van der Waals surface area contributed by atoms with E-state index in [-0.39, 0.29) is 0 Å². The minimum atomic E-state index is -0.726. The highest BCUT2D eigenvalue weighted by Crippen LogP contribution is 2.41. The third-order valence-corrected chi connectivity index (χ3v) is 3.95. The second-order valence-corrected chi connectivity index (χ2v) is 4.99. The number of carboxylic acid groups (broad SMARTS) is 1. The highest BCUT2D eigenvalue weighted by Gasteiger charge is 2.42. The van der Waals surface area contributed by atoms with Crippen molar-refractivity contribution < 1.29 is 9.90 Å². The van der Waals surface area contributed by atoms with E-state index in [1.54, 1.807) is 17.1 Å². The molecule has 0 unspecified atom stereocenters. The molecule has 1 aromatic carbocycles. The zero-order valence-corrected chi connectivity index (χ0v) is 10.5. The summed E-state index contributed by atoms with van der Waals surface area (Å²) < 4.78 is 1.65. The van der Waals surface area contributed by atoms with Crippen LogP contribution in [0.5, 0.6) is 0 Å². The molecule has 1 aliphatic rings. The molecule has 1 fully saturated rings. The fourth-order valence-corrected chi connectivity index (χ4v) is 2.90. The van der Waals surface area contributed by atoms with Crippen LogP contribution >= 0.6 is 0 Å². The van der Waals surface area contributed by atoms with E-state index in [0.29, 0.717) is 12.8 Å². The molecule has 0 saturated heterocycles. The number of hydrogen-bond donors (Lipinski definition) is 1. The van der Waals surface area contributed by atoms with Gasteiger partial charge >= 0.3 is 5.97 Å². The van der Waals surface area contributed by atoms with Gasteiger partial charge in [0.05, 0.1) is 23.5 Å². The molecular weight excluding hydrogens is 242 g/mol. The van der Waals surface area contributed by atoms with Crippen LogP contribution in [0.2, 0.25) is 0 Å². The van der Waals surface area contributed by atoms with Crippen LogP contribution in [0.1, 0.15) is 31.2 Å². The lowest BCUT2D eigenvalue weighted by Crippen LogP contribution is -2.32. The molecule has 2 aromatic rings. The minimum Gasteiger partial charge on any atom is -0.481 e. The molecule has 0 atom stereocenters. The Morgan fingerprint density at radius 2 is 2.11 bits per heavy atom. The van der Waals surface area contributed by atoms with E-state index in [4.69, 9.17) is 0 Å². The van der Waals surface area contributed by atoms with Crippen molar-refractivity contribution in [3.63, 3.8) is 0 Å². The smallest absolute Gasteiger partial charge is 0.314 e. The first kappa shape index (κ1) is 11.9. The molecule has 19 heavy (non-hydrogen) atoms. The molecule has 0 amide bonds. The van der Waals surface area contributed by atoms with Gasteiger partial charge in [-0.05, 0) is 30.5 Å². The number of aromatic nitrogens is 3. The number of nitrogens with zero attached hydrogens (tertiary/aromatic N) is 3. The van der Waals surface area contributed by atoms with E-state index in [1.807, 2.05) is 24.3 Å². The van der Waals surface area contributed by atoms with E-state index >= 15 is 0 Å².